The molecular weight excluding hydrogens is 1010 g/mol. The van der Waals surface area contributed by atoms with Gasteiger partial charge in [-0.05, 0) is 49.7 Å². The Morgan fingerprint density at radius 2 is 0.920 bits per heavy atom. The van der Waals surface area contributed by atoms with Crippen molar-refractivity contribution in [3.63, 3.8) is 0 Å². The second-order valence-corrected chi connectivity index (χ2v) is 11.3. The van der Waals surface area contributed by atoms with Crippen molar-refractivity contribution in [1.82, 2.24) is 19.8 Å². The van der Waals surface area contributed by atoms with E-state index in [0.29, 0.717) is 11.4 Å². The van der Waals surface area contributed by atoms with E-state index in [4.69, 9.17) is 0 Å². The molecule has 6 heterocycles. The second kappa shape index (κ2) is 22.5. The minimum Gasteiger partial charge on any atom is -0.666 e. The fraction of sp³-hybridized carbons (Fsp3) is 0.389. The van der Waals surface area contributed by atoms with Gasteiger partial charge < -0.3 is 41.0 Å². The van der Waals surface area contributed by atoms with Gasteiger partial charge in [-0.25, -0.2) is 0 Å². The summed E-state index contributed by atoms with van der Waals surface area (Å²) < 4.78 is 51.6. The minimum absolute atomic E-state index is 0. The van der Waals surface area contributed by atoms with Gasteiger partial charge in [0.2, 0.25) is 0 Å². The van der Waals surface area contributed by atoms with Crippen molar-refractivity contribution in [1.29, 1.82) is 0 Å². The molecule has 0 N–H and O–H groups in total. The van der Waals surface area contributed by atoms with Gasteiger partial charge in [-0.1, -0.05) is 73.2 Å². The average molecular weight is 1050 g/mol. The third kappa shape index (κ3) is 13.0. The summed E-state index contributed by atoms with van der Waals surface area (Å²) in [5, 5.41) is 17.6. The molecule has 0 unspecified atom stereocenters. The molecule has 8 rings (SSSR count). The van der Waals surface area contributed by atoms with Gasteiger partial charge in [0.05, 0.1) is 0 Å². The molecule has 4 aliphatic rings. The maximum atomic E-state index is 13.2. The molecule has 2 aromatic carbocycles. The van der Waals surface area contributed by atoms with Crippen molar-refractivity contribution >= 4 is 0 Å². The van der Waals surface area contributed by atoms with Gasteiger partial charge in [0, 0.05) is 77.8 Å². The third-order valence-corrected chi connectivity index (χ3v) is 7.79. The Labute approximate surface area is 320 Å². The van der Waals surface area contributed by atoms with E-state index in [9.17, 15) is 17.6 Å². The SMILES string of the molecule is C1C[N-]C2[N-]CCCN2C1.C1C[N-]C2[N-]CCCN2C1.Fc1c[c-]c(-c2ccccn2)c(F)c1.Fc1c[c-]c(-c2ccccn2)c(F)c1.[Pt].[Pt]. The van der Waals surface area contributed by atoms with Gasteiger partial charge in [-0.3, -0.25) is 17.6 Å². The van der Waals surface area contributed by atoms with Crippen molar-refractivity contribution in [2.24, 2.45) is 0 Å². The fourth-order valence-corrected chi connectivity index (χ4v) is 5.49. The molecule has 0 aliphatic carbocycles. The fourth-order valence-electron chi connectivity index (χ4n) is 5.49. The van der Waals surface area contributed by atoms with Crippen LogP contribution < -0.4 is 0 Å². The van der Waals surface area contributed by atoms with Gasteiger partial charge in [0.25, 0.3) is 0 Å². The first kappa shape index (κ1) is 42.0. The number of halogens is 4. The smallest absolute Gasteiger partial charge is 0.0408 e. The number of benzene rings is 2. The van der Waals surface area contributed by atoms with Crippen molar-refractivity contribution in [2.45, 2.75) is 38.3 Å². The van der Waals surface area contributed by atoms with E-state index >= 15 is 0 Å². The third-order valence-electron chi connectivity index (χ3n) is 7.79. The van der Waals surface area contributed by atoms with Crippen LogP contribution >= 0.6 is 0 Å². The second-order valence-electron chi connectivity index (χ2n) is 11.3. The predicted molar refractivity (Wildman–Crippen MR) is 179 cm³/mol. The van der Waals surface area contributed by atoms with E-state index in [1.165, 1.54) is 51.9 Å². The van der Waals surface area contributed by atoms with E-state index in [1.807, 2.05) is 0 Å². The molecule has 0 saturated carbocycles. The molecule has 0 bridgehead atoms. The topological polar surface area (TPSA) is 88.7 Å². The van der Waals surface area contributed by atoms with E-state index < -0.39 is 23.3 Å². The predicted octanol–water partition coefficient (Wildman–Crippen LogP) is 7.90. The summed E-state index contributed by atoms with van der Waals surface area (Å²) in [6.45, 7) is 8.90. The van der Waals surface area contributed by atoms with Gasteiger partial charge in [-0.15, -0.1) is 50.4 Å². The molecule has 276 valence electrons. The molecule has 8 nitrogen and oxygen atoms in total. The number of pyridine rings is 2. The Hall–Kier alpha value is -2.40. The Kier molecular flexibility index (Phi) is 18.9. The van der Waals surface area contributed by atoms with E-state index in [0.717, 1.165) is 50.4 Å². The molecule has 0 spiro atoms. The summed E-state index contributed by atoms with van der Waals surface area (Å²) in [6.07, 6.45) is 8.48. The summed E-state index contributed by atoms with van der Waals surface area (Å²) in [5.74, 6) is -2.57. The summed E-state index contributed by atoms with van der Waals surface area (Å²) >= 11 is 0. The zero-order chi connectivity index (χ0) is 33.6. The molecule has 0 amide bonds. The number of fused-ring (bicyclic) bond motifs is 2. The average Bonchev–Trinajstić information content (AvgIpc) is 3.13. The number of nitrogens with zero attached hydrogens (tertiary/aromatic N) is 8. The van der Waals surface area contributed by atoms with Crippen LogP contribution in [0.4, 0.5) is 17.6 Å². The normalized spacial score (nSPS) is 17.7. The van der Waals surface area contributed by atoms with E-state index in [-0.39, 0.29) is 65.8 Å². The molecule has 4 aromatic rings. The van der Waals surface area contributed by atoms with Gasteiger partial charge in [0.1, 0.15) is 0 Å². The minimum atomic E-state index is -0.649. The van der Waals surface area contributed by atoms with Gasteiger partial charge >= 0.3 is 0 Å². The van der Waals surface area contributed by atoms with Crippen LogP contribution in [0.1, 0.15) is 25.7 Å². The summed E-state index contributed by atoms with van der Waals surface area (Å²) in [4.78, 5) is 12.6. The zero-order valence-electron chi connectivity index (χ0n) is 27.3. The molecule has 2 aromatic heterocycles. The summed E-state index contributed by atoms with van der Waals surface area (Å²) in [6, 6.07) is 19.1. The molecule has 50 heavy (non-hydrogen) atoms. The van der Waals surface area contributed by atoms with Crippen LogP contribution in [0.25, 0.3) is 43.8 Å². The monoisotopic (exact) mass is 1050 g/mol. The molecule has 4 fully saturated rings. The van der Waals surface area contributed by atoms with Gasteiger partial charge in [-0.2, -0.15) is 12.6 Å². The van der Waals surface area contributed by atoms with Crippen LogP contribution in [-0.4, -0.2) is 84.7 Å². The van der Waals surface area contributed by atoms with Crippen LogP contribution in [0.5, 0.6) is 0 Å². The number of aromatic nitrogens is 2. The number of hydrogen-bond acceptors (Lipinski definition) is 4. The van der Waals surface area contributed by atoms with Crippen molar-refractivity contribution in [3.8, 4) is 22.5 Å². The number of rotatable bonds is 2. The molecule has 4 saturated heterocycles. The largest absolute Gasteiger partial charge is 0.666 e. The van der Waals surface area contributed by atoms with Crippen molar-refractivity contribution in [2.75, 3.05) is 52.4 Å². The molecule has 4 aliphatic heterocycles. The Bertz CT molecular complexity index is 1380. The first-order valence-electron chi connectivity index (χ1n) is 16.2. The first-order chi connectivity index (χ1) is 23.5. The van der Waals surface area contributed by atoms with Crippen molar-refractivity contribution in [3.05, 3.63) is 130 Å². The first-order valence-corrected chi connectivity index (χ1v) is 16.2. The standard InChI is InChI=1S/2C11H6F2N.2C7H13N3.2Pt/c2*12-8-4-5-9(10(13)7-8)11-3-1-2-6-14-11;2*1-3-8-7-9-4-2-6-10(7)5-1;;/h2*1-4,6-7H;2*7H,1-6H2;;/q2*-1;2*-2;;. The number of hydrogen-bond donors (Lipinski definition) is 0. The molecule has 0 atom stereocenters. The molecule has 14 heteroatoms. The van der Waals surface area contributed by atoms with Crippen LogP contribution in [-0.2, 0) is 42.1 Å². The van der Waals surface area contributed by atoms with Crippen LogP contribution in [0.2, 0.25) is 0 Å². The van der Waals surface area contributed by atoms with E-state index in [1.54, 1.807) is 48.8 Å². The van der Waals surface area contributed by atoms with Crippen LogP contribution in [0, 0.1) is 35.4 Å². The Balaban J connectivity index is 0.000000180. The summed E-state index contributed by atoms with van der Waals surface area (Å²) in [7, 11) is 0. The molecular formula is C36H38F4N8Pt2-6. The maximum Gasteiger partial charge on any atom is 0.0408 e. The summed E-state index contributed by atoms with van der Waals surface area (Å²) in [5.41, 5.74) is 1.27. The maximum absolute atomic E-state index is 13.2. The Morgan fingerprint density at radius 3 is 1.20 bits per heavy atom. The van der Waals surface area contributed by atoms with Gasteiger partial charge in [0.15, 0.2) is 0 Å². The molecule has 0 radical (unpaired) electrons. The van der Waals surface area contributed by atoms with Crippen LogP contribution in [0.3, 0.4) is 0 Å². The van der Waals surface area contributed by atoms with E-state index in [2.05, 4.69) is 53.2 Å². The Morgan fingerprint density at radius 1 is 0.560 bits per heavy atom. The van der Waals surface area contributed by atoms with Crippen LogP contribution in [0.15, 0.2) is 73.1 Å². The quantitative estimate of drug-likeness (QED) is 0.151. The zero-order valence-corrected chi connectivity index (χ0v) is 31.8. The van der Waals surface area contributed by atoms with Crippen molar-refractivity contribution < 1.29 is 59.7 Å².